The zero-order chi connectivity index (χ0) is 20.5. The summed E-state index contributed by atoms with van der Waals surface area (Å²) in [6.45, 7) is 0.634. The molecule has 0 radical (unpaired) electrons. The molecule has 5 nitrogen and oxygen atoms in total. The molecule has 1 fully saturated rings. The average molecular weight is 397 g/mol. The van der Waals surface area contributed by atoms with E-state index in [0.29, 0.717) is 18.0 Å². The number of anilines is 2. The summed E-state index contributed by atoms with van der Waals surface area (Å²) >= 11 is 0. The molecule has 0 spiro atoms. The van der Waals surface area contributed by atoms with Gasteiger partial charge in [-0.1, -0.05) is 30.3 Å². The van der Waals surface area contributed by atoms with E-state index in [-0.39, 0.29) is 17.7 Å². The summed E-state index contributed by atoms with van der Waals surface area (Å²) in [7, 11) is 0. The molecule has 0 bridgehead atoms. The minimum atomic E-state index is -0.108. The van der Waals surface area contributed by atoms with Gasteiger partial charge >= 0.3 is 0 Å². The molecule has 5 rings (SSSR count). The first-order valence-electron chi connectivity index (χ1n) is 10.4. The van der Waals surface area contributed by atoms with Gasteiger partial charge in [0.2, 0.25) is 5.91 Å². The van der Waals surface area contributed by atoms with E-state index in [1.54, 1.807) is 29.4 Å². The number of nitrogens with zero attached hydrogens (tertiary/aromatic N) is 2. The lowest BCUT2D eigenvalue weighted by Gasteiger charge is -2.19. The lowest BCUT2D eigenvalue weighted by atomic mass is 9.93. The lowest BCUT2D eigenvalue weighted by molar-refractivity contribution is -0.118. The number of benzene rings is 2. The van der Waals surface area contributed by atoms with Crippen molar-refractivity contribution in [2.24, 2.45) is 5.92 Å². The van der Waals surface area contributed by atoms with Crippen molar-refractivity contribution in [3.8, 4) is 0 Å². The Morgan fingerprint density at radius 2 is 1.87 bits per heavy atom. The fourth-order valence-corrected chi connectivity index (χ4v) is 4.28. The van der Waals surface area contributed by atoms with Gasteiger partial charge in [0.15, 0.2) is 0 Å². The Kier molecular flexibility index (Phi) is 4.79. The monoisotopic (exact) mass is 397 g/mol. The van der Waals surface area contributed by atoms with Crippen LogP contribution in [0.5, 0.6) is 0 Å². The Bertz CT molecular complexity index is 1080. The first-order chi connectivity index (χ1) is 14.7. The maximum absolute atomic E-state index is 13.1. The van der Waals surface area contributed by atoms with Crippen molar-refractivity contribution in [1.82, 2.24) is 4.98 Å². The molecular weight excluding hydrogens is 374 g/mol. The van der Waals surface area contributed by atoms with Crippen molar-refractivity contribution < 1.29 is 9.59 Å². The van der Waals surface area contributed by atoms with Gasteiger partial charge in [0.05, 0.1) is 11.5 Å². The highest BCUT2D eigenvalue weighted by Crippen LogP contribution is 2.43. The molecule has 1 unspecified atom stereocenters. The Labute approximate surface area is 175 Å². The largest absolute Gasteiger partial charge is 0.326 e. The maximum atomic E-state index is 13.1. The lowest BCUT2D eigenvalue weighted by Crippen LogP contribution is -2.28. The number of nitrogens with one attached hydrogen (secondary N) is 1. The summed E-state index contributed by atoms with van der Waals surface area (Å²) in [5, 5.41) is 3.11. The van der Waals surface area contributed by atoms with Crippen molar-refractivity contribution in [2.75, 3.05) is 16.8 Å². The molecule has 2 aliphatic rings. The number of aromatic nitrogens is 1. The van der Waals surface area contributed by atoms with E-state index in [1.165, 1.54) is 0 Å². The SMILES string of the molecule is O=C(Nc1ccc2c(c1)CCN2C(=O)c1cccnc1)C(c1ccccc1)C1CC1. The second-order valence-electron chi connectivity index (χ2n) is 8.01. The number of rotatable bonds is 5. The molecule has 1 atom stereocenters. The fourth-order valence-electron chi connectivity index (χ4n) is 4.28. The number of fused-ring (bicyclic) bond motifs is 1. The minimum Gasteiger partial charge on any atom is -0.326 e. The molecule has 2 aromatic carbocycles. The van der Waals surface area contributed by atoms with Gasteiger partial charge in [0, 0.05) is 30.3 Å². The molecule has 1 saturated carbocycles. The molecule has 30 heavy (non-hydrogen) atoms. The smallest absolute Gasteiger partial charge is 0.259 e. The number of hydrogen-bond donors (Lipinski definition) is 1. The predicted octanol–water partition coefficient (Wildman–Crippen LogP) is 4.42. The Balaban J connectivity index is 1.34. The van der Waals surface area contributed by atoms with Crippen LogP contribution in [0.2, 0.25) is 0 Å². The third kappa shape index (κ3) is 3.59. The second kappa shape index (κ2) is 7.75. The molecule has 150 valence electrons. The summed E-state index contributed by atoms with van der Waals surface area (Å²) in [4.78, 5) is 31.7. The van der Waals surface area contributed by atoms with Crippen molar-refractivity contribution in [3.05, 3.63) is 89.7 Å². The number of carbonyl (C=O) groups is 2. The number of hydrogen-bond acceptors (Lipinski definition) is 3. The first-order valence-corrected chi connectivity index (χ1v) is 10.4. The summed E-state index contributed by atoms with van der Waals surface area (Å²) in [6, 6.07) is 19.4. The second-order valence-corrected chi connectivity index (χ2v) is 8.01. The van der Waals surface area contributed by atoms with Gasteiger partial charge in [0.1, 0.15) is 0 Å². The van der Waals surface area contributed by atoms with Crippen molar-refractivity contribution >= 4 is 23.2 Å². The Morgan fingerprint density at radius 1 is 1.03 bits per heavy atom. The number of amides is 2. The highest BCUT2D eigenvalue weighted by Gasteiger charge is 2.37. The fraction of sp³-hybridized carbons (Fsp3) is 0.240. The summed E-state index contributed by atoms with van der Waals surface area (Å²) < 4.78 is 0. The summed E-state index contributed by atoms with van der Waals surface area (Å²) in [5.41, 5.74) is 4.43. The molecular formula is C25H23N3O2. The van der Waals surface area contributed by atoms with Gasteiger partial charge in [-0.15, -0.1) is 0 Å². The Hall–Kier alpha value is -3.47. The van der Waals surface area contributed by atoms with Crippen LogP contribution in [-0.2, 0) is 11.2 Å². The normalized spacial score (nSPS) is 16.1. The minimum absolute atomic E-state index is 0.0449. The van der Waals surface area contributed by atoms with Gasteiger partial charge in [-0.25, -0.2) is 0 Å². The van der Waals surface area contributed by atoms with E-state index in [9.17, 15) is 9.59 Å². The average Bonchev–Trinajstić information content (AvgIpc) is 3.52. The van der Waals surface area contributed by atoms with Crippen LogP contribution in [0.15, 0.2) is 73.1 Å². The zero-order valence-corrected chi connectivity index (χ0v) is 16.6. The highest BCUT2D eigenvalue weighted by atomic mass is 16.2. The van der Waals surface area contributed by atoms with Crippen LogP contribution in [0, 0.1) is 5.92 Å². The van der Waals surface area contributed by atoms with Crippen molar-refractivity contribution in [1.29, 1.82) is 0 Å². The molecule has 5 heteroatoms. The van der Waals surface area contributed by atoms with E-state index >= 15 is 0 Å². The quantitative estimate of drug-likeness (QED) is 0.693. The highest BCUT2D eigenvalue weighted by molar-refractivity contribution is 6.07. The van der Waals surface area contributed by atoms with E-state index < -0.39 is 0 Å². The van der Waals surface area contributed by atoms with Crippen molar-refractivity contribution in [3.63, 3.8) is 0 Å². The third-order valence-electron chi connectivity index (χ3n) is 5.93. The molecule has 1 N–H and O–H groups in total. The van der Waals surface area contributed by atoms with Crippen LogP contribution >= 0.6 is 0 Å². The number of pyridine rings is 1. The number of carbonyl (C=O) groups excluding carboxylic acids is 2. The summed E-state index contributed by atoms with van der Waals surface area (Å²) in [5.74, 6) is 0.319. The van der Waals surface area contributed by atoms with E-state index in [2.05, 4.69) is 10.3 Å². The van der Waals surface area contributed by atoms with Gasteiger partial charge < -0.3 is 10.2 Å². The molecule has 1 aliphatic heterocycles. The predicted molar refractivity (Wildman–Crippen MR) is 117 cm³/mol. The molecule has 1 aromatic heterocycles. The van der Waals surface area contributed by atoms with Crippen LogP contribution in [0.3, 0.4) is 0 Å². The zero-order valence-electron chi connectivity index (χ0n) is 16.6. The molecule has 1 aliphatic carbocycles. The van der Waals surface area contributed by atoms with Gasteiger partial charge in [-0.2, -0.15) is 0 Å². The van der Waals surface area contributed by atoms with Crippen LogP contribution in [0.4, 0.5) is 11.4 Å². The van der Waals surface area contributed by atoms with Crippen LogP contribution in [0.1, 0.15) is 40.2 Å². The van der Waals surface area contributed by atoms with E-state index in [1.807, 2.05) is 48.5 Å². The van der Waals surface area contributed by atoms with Crippen LogP contribution < -0.4 is 10.2 Å². The van der Waals surface area contributed by atoms with Crippen LogP contribution in [0.25, 0.3) is 0 Å². The van der Waals surface area contributed by atoms with Gasteiger partial charge in [-0.05, 0) is 66.6 Å². The molecule has 0 saturated heterocycles. The summed E-state index contributed by atoms with van der Waals surface area (Å²) in [6.07, 6.45) is 6.23. The molecule has 3 aromatic rings. The third-order valence-corrected chi connectivity index (χ3v) is 5.93. The van der Waals surface area contributed by atoms with Crippen LogP contribution in [-0.4, -0.2) is 23.3 Å². The van der Waals surface area contributed by atoms with Crippen molar-refractivity contribution in [2.45, 2.75) is 25.2 Å². The Morgan fingerprint density at radius 3 is 2.60 bits per heavy atom. The molecule has 2 heterocycles. The van der Waals surface area contributed by atoms with E-state index in [0.717, 1.165) is 41.8 Å². The molecule has 2 amide bonds. The van der Waals surface area contributed by atoms with Gasteiger partial charge in [0.25, 0.3) is 5.91 Å². The standard InChI is InChI=1S/C25H23N3O2/c29-24(23(18-8-9-18)17-5-2-1-3-6-17)27-21-10-11-22-19(15-21)12-14-28(22)25(30)20-7-4-13-26-16-20/h1-7,10-11,13,15-16,18,23H,8-9,12,14H2,(H,27,29). The van der Waals surface area contributed by atoms with Gasteiger partial charge in [-0.3, -0.25) is 14.6 Å². The van der Waals surface area contributed by atoms with E-state index in [4.69, 9.17) is 0 Å². The maximum Gasteiger partial charge on any atom is 0.259 e. The first kappa shape index (κ1) is 18.6. The topological polar surface area (TPSA) is 62.3 Å².